The number of rotatable bonds is 3. The molecule has 0 unspecified atom stereocenters. The molecule has 0 atom stereocenters. The summed E-state index contributed by atoms with van der Waals surface area (Å²) in [6.07, 6.45) is 5.82. The van der Waals surface area contributed by atoms with Gasteiger partial charge in [-0.05, 0) is 87.1 Å². The Morgan fingerprint density at radius 1 is 0.881 bits per heavy atom. The molecule has 2 aliphatic heterocycles. The van der Waals surface area contributed by atoms with Crippen LogP contribution < -0.4 is 25.3 Å². The molecule has 3 aromatic rings. The number of Topliss-reactive ketones (excluding diaryl/α,β-unsaturated/α-hetero) is 1. The van der Waals surface area contributed by atoms with E-state index in [4.69, 9.17) is 0 Å². The van der Waals surface area contributed by atoms with Crippen LogP contribution in [0.1, 0.15) is 11.1 Å². The molecule has 206 valence electrons. The molecule has 0 amide bonds. The van der Waals surface area contributed by atoms with Crippen LogP contribution in [0, 0.1) is 0 Å². The summed E-state index contributed by atoms with van der Waals surface area (Å²) >= 11 is 3.47. The predicted molar refractivity (Wildman–Crippen MR) is 177 cm³/mol. The summed E-state index contributed by atoms with van der Waals surface area (Å²) in [6, 6.07) is 27.3. The largest absolute Gasteiger partial charge is 0.506 e. The Kier molecular flexibility index (Phi) is 6.41. The Labute approximate surface area is 252 Å². The van der Waals surface area contributed by atoms with Crippen LogP contribution in [0.5, 0.6) is 0 Å². The molecule has 3 aromatic carbocycles. The smallest absolute Gasteiger partial charge is 0.200 e. The fourth-order valence-corrected chi connectivity index (χ4v) is 7.64. The van der Waals surface area contributed by atoms with Gasteiger partial charge in [-0.25, -0.2) is 4.58 Å². The van der Waals surface area contributed by atoms with Crippen molar-refractivity contribution in [1.82, 2.24) is 4.58 Å². The molecule has 1 N–H and O–H groups in total. The lowest BCUT2D eigenvalue weighted by molar-refractivity contribution is -0.113. The number of aliphatic hydroxyl groups excluding tert-OH is 1. The lowest BCUT2D eigenvalue weighted by Crippen LogP contribution is -2.30. The Hall–Kier alpha value is -4.39. The molecule has 2 aliphatic carbocycles. The number of nitrogens with zero attached hydrogens (tertiary/aromatic N) is 2. The number of hydrogen-bond donors (Lipinski definition) is 1. The summed E-state index contributed by atoms with van der Waals surface area (Å²) in [5, 5.41) is 15.3. The van der Waals surface area contributed by atoms with Gasteiger partial charge in [-0.1, -0.05) is 42.1 Å². The van der Waals surface area contributed by atoms with Gasteiger partial charge >= 0.3 is 0 Å². The van der Waals surface area contributed by atoms with Crippen LogP contribution in [0.25, 0.3) is 38.8 Å². The van der Waals surface area contributed by atoms with Gasteiger partial charge in [-0.3, -0.25) is 4.79 Å². The van der Waals surface area contributed by atoms with Crippen molar-refractivity contribution in [3.8, 4) is 10.4 Å². The second kappa shape index (κ2) is 10.2. The number of carbonyl (C=O) groups is 1. The summed E-state index contributed by atoms with van der Waals surface area (Å²) in [6.45, 7) is 0. The van der Waals surface area contributed by atoms with Gasteiger partial charge in [0, 0.05) is 51.3 Å². The summed E-state index contributed by atoms with van der Waals surface area (Å²) < 4.78 is 3.24. The number of allylic oxidation sites excluding steroid dienone is 2. The maximum Gasteiger partial charge on any atom is 0.200 e. The average molecular weight is 586 g/mol. The third-order valence-corrected chi connectivity index (χ3v) is 10.2. The molecule has 42 heavy (non-hydrogen) atoms. The zero-order valence-corrected chi connectivity index (χ0v) is 25.4. The van der Waals surface area contributed by atoms with E-state index in [-0.39, 0.29) is 11.5 Å². The van der Waals surface area contributed by atoms with E-state index in [0.29, 0.717) is 11.1 Å². The summed E-state index contributed by atoms with van der Waals surface area (Å²) in [7, 11) is 8.17. The van der Waals surface area contributed by atoms with E-state index in [1.165, 1.54) is 9.77 Å². The molecular weight excluding hydrogens is 557 g/mol. The minimum atomic E-state index is -0.137. The lowest BCUT2D eigenvalue weighted by Gasteiger charge is -2.20. The van der Waals surface area contributed by atoms with E-state index in [0.717, 1.165) is 53.2 Å². The van der Waals surface area contributed by atoms with Gasteiger partial charge in [-0.2, -0.15) is 0 Å². The van der Waals surface area contributed by atoms with Gasteiger partial charge in [-0.15, -0.1) is 11.3 Å². The molecule has 0 spiro atoms. The highest BCUT2D eigenvalue weighted by Gasteiger charge is 2.32. The molecular formula is C36H29N2O2S2+. The SMILES string of the molecule is CN(C)c1ccc2c(c1)Sc1ccc/c(=C/C3=C(O)C(=C/c4cccc5sc6cc(=[N+](C)C)ccc-6cc45)/C3=O)c1=C2. The zero-order chi connectivity index (χ0) is 29.1. The van der Waals surface area contributed by atoms with E-state index in [2.05, 4.69) is 70.1 Å². The second-order valence-electron chi connectivity index (χ2n) is 11.0. The van der Waals surface area contributed by atoms with Crippen molar-refractivity contribution in [3.63, 3.8) is 0 Å². The molecule has 0 fully saturated rings. The Morgan fingerprint density at radius 3 is 2.50 bits per heavy atom. The molecule has 2 heterocycles. The Bertz CT molecular complexity index is 2200. The highest BCUT2D eigenvalue weighted by atomic mass is 32.2. The molecule has 0 saturated carbocycles. The molecule has 0 aromatic heterocycles. The standard InChI is InChI=1S/C36H28N2O2S2/c1-37(2)25-13-11-23-17-27-21(7-5-9-31(27)41-33(23)19-25)15-29-35(39)30(36(29)40)16-22-8-6-10-32-28(22)18-24-12-14-26(38(3)4)20-34(24)42-32/h5-20H,1-4H3/p+1. The number of aliphatic hydroxyl groups is 1. The highest BCUT2D eigenvalue weighted by molar-refractivity contribution is 7.99. The van der Waals surface area contributed by atoms with Gasteiger partial charge in [0.2, 0.25) is 11.1 Å². The molecule has 0 radical (unpaired) electrons. The summed E-state index contributed by atoms with van der Waals surface area (Å²) in [4.78, 5) is 19.0. The Morgan fingerprint density at radius 2 is 1.71 bits per heavy atom. The first-order valence-corrected chi connectivity index (χ1v) is 15.4. The van der Waals surface area contributed by atoms with Gasteiger partial charge in [0.25, 0.3) is 0 Å². The third kappa shape index (κ3) is 4.48. The molecule has 6 heteroatoms. The van der Waals surface area contributed by atoms with Crippen LogP contribution in [-0.4, -0.2) is 39.1 Å². The molecule has 0 saturated heterocycles. The first-order chi connectivity index (χ1) is 20.3. The second-order valence-corrected chi connectivity index (χ2v) is 13.2. The van der Waals surface area contributed by atoms with Crippen molar-refractivity contribution in [2.24, 2.45) is 0 Å². The van der Waals surface area contributed by atoms with Crippen LogP contribution in [0.2, 0.25) is 0 Å². The average Bonchev–Trinajstić information content (AvgIpc) is 2.99. The molecule has 4 aliphatic rings. The van der Waals surface area contributed by atoms with E-state index in [1.807, 2.05) is 64.6 Å². The van der Waals surface area contributed by atoms with Crippen molar-refractivity contribution in [3.05, 3.63) is 123 Å². The fraction of sp³-hybridized carbons (Fsp3) is 0.111. The van der Waals surface area contributed by atoms with E-state index >= 15 is 0 Å². The van der Waals surface area contributed by atoms with E-state index in [1.54, 1.807) is 23.1 Å². The van der Waals surface area contributed by atoms with Crippen LogP contribution in [0.15, 0.2) is 106 Å². The van der Waals surface area contributed by atoms with Crippen LogP contribution in [-0.2, 0) is 4.79 Å². The third-order valence-electron chi connectivity index (χ3n) is 7.87. The molecule has 4 nitrogen and oxygen atoms in total. The van der Waals surface area contributed by atoms with Crippen LogP contribution in [0.4, 0.5) is 5.69 Å². The number of benzene rings is 4. The van der Waals surface area contributed by atoms with Crippen molar-refractivity contribution in [2.75, 3.05) is 33.1 Å². The monoisotopic (exact) mass is 585 g/mol. The van der Waals surface area contributed by atoms with E-state index < -0.39 is 0 Å². The minimum Gasteiger partial charge on any atom is -0.506 e. The number of anilines is 1. The van der Waals surface area contributed by atoms with E-state index in [9.17, 15) is 9.90 Å². The van der Waals surface area contributed by atoms with Gasteiger partial charge in [0.15, 0.2) is 0 Å². The van der Waals surface area contributed by atoms with Crippen LogP contribution in [0.3, 0.4) is 0 Å². The van der Waals surface area contributed by atoms with Crippen molar-refractivity contribution in [1.29, 1.82) is 0 Å². The summed E-state index contributed by atoms with van der Waals surface area (Å²) in [5.74, 6) is -0.0872. The maximum absolute atomic E-state index is 13.4. The van der Waals surface area contributed by atoms with Gasteiger partial charge in [0.05, 0.1) is 11.1 Å². The topological polar surface area (TPSA) is 43.5 Å². The number of fused-ring (bicyclic) bond motifs is 4. The highest BCUT2D eigenvalue weighted by Crippen LogP contribution is 2.37. The molecule has 0 bridgehead atoms. The van der Waals surface area contributed by atoms with Crippen molar-refractivity contribution < 1.29 is 9.90 Å². The predicted octanol–water partition coefficient (Wildman–Crippen LogP) is 5.66. The molecule has 7 rings (SSSR count). The first-order valence-electron chi connectivity index (χ1n) is 13.8. The lowest BCUT2D eigenvalue weighted by atomic mass is 9.85. The van der Waals surface area contributed by atoms with Crippen molar-refractivity contribution >= 4 is 62.9 Å². The van der Waals surface area contributed by atoms with Gasteiger partial charge in [0.1, 0.15) is 19.9 Å². The number of hydrogen-bond acceptors (Lipinski definition) is 5. The first kappa shape index (κ1) is 26.5. The minimum absolute atomic E-state index is 0.0502. The summed E-state index contributed by atoms with van der Waals surface area (Å²) in [5.41, 5.74) is 5.10. The van der Waals surface area contributed by atoms with Crippen LogP contribution >= 0.6 is 23.1 Å². The van der Waals surface area contributed by atoms with Crippen molar-refractivity contribution in [2.45, 2.75) is 9.79 Å². The Balaban J connectivity index is 1.29. The maximum atomic E-state index is 13.4. The quantitative estimate of drug-likeness (QED) is 0.166. The zero-order valence-electron chi connectivity index (χ0n) is 23.8. The van der Waals surface area contributed by atoms with Gasteiger partial charge < -0.3 is 10.0 Å². The number of carbonyl (C=O) groups excluding carboxylic acids is 1. The fourth-order valence-electron chi connectivity index (χ4n) is 5.45. The number of ketones is 1. The normalized spacial score (nSPS) is 15.5.